The molecule has 41 heavy (non-hydrogen) atoms. The fraction of sp³-hybridized carbons (Fsp3) is 0.303. The molecular weight excluding hydrogens is 518 g/mol. The molecule has 212 valence electrons. The summed E-state index contributed by atoms with van der Waals surface area (Å²) in [6.45, 7) is 2.49. The molecule has 8 nitrogen and oxygen atoms in total. The molecule has 1 saturated heterocycles. The van der Waals surface area contributed by atoms with E-state index >= 15 is 0 Å². The maximum Gasteiger partial charge on any atom is 0.407 e. The molecular formula is C33H35N3O5. The zero-order valence-electron chi connectivity index (χ0n) is 22.9. The number of amides is 2. The number of carbonyl (C=O) groups excluding carboxylic acids is 2. The maximum absolute atomic E-state index is 12.7. The van der Waals surface area contributed by atoms with Gasteiger partial charge in [-0.3, -0.25) is 14.5 Å². The highest BCUT2D eigenvalue weighted by Gasteiger charge is 2.37. The quantitative estimate of drug-likeness (QED) is 0.314. The monoisotopic (exact) mass is 553 g/mol. The van der Waals surface area contributed by atoms with Crippen LogP contribution in [0.15, 0.2) is 91.0 Å². The molecule has 1 aliphatic heterocycles. The van der Waals surface area contributed by atoms with Crippen LogP contribution in [-0.2, 0) is 20.9 Å². The fourth-order valence-corrected chi connectivity index (χ4v) is 5.88. The van der Waals surface area contributed by atoms with Crippen LogP contribution in [0.4, 0.5) is 4.79 Å². The second kappa shape index (κ2) is 12.8. The first-order chi connectivity index (χ1) is 19.9. The molecule has 3 aromatic rings. The molecule has 0 unspecified atom stereocenters. The van der Waals surface area contributed by atoms with Crippen molar-refractivity contribution in [2.45, 2.75) is 37.3 Å². The number of carboxylic acid groups (broad SMARTS) is 1. The van der Waals surface area contributed by atoms with Gasteiger partial charge >= 0.3 is 12.1 Å². The van der Waals surface area contributed by atoms with Crippen LogP contribution in [0, 0.1) is 0 Å². The summed E-state index contributed by atoms with van der Waals surface area (Å²) in [6, 6.07) is 26.4. The van der Waals surface area contributed by atoms with Crippen molar-refractivity contribution in [1.82, 2.24) is 15.5 Å². The molecule has 8 heteroatoms. The number of fused-ring (bicyclic) bond motifs is 3. The second-order valence-corrected chi connectivity index (χ2v) is 10.7. The number of alkyl carbamates (subject to hydrolysis) is 1. The number of piperidine rings is 1. The number of hydrogen-bond donors (Lipinski definition) is 3. The van der Waals surface area contributed by atoms with Gasteiger partial charge in [-0.05, 0) is 40.7 Å². The smallest absolute Gasteiger partial charge is 0.407 e. The highest BCUT2D eigenvalue weighted by Crippen LogP contribution is 2.44. The molecule has 1 fully saturated rings. The van der Waals surface area contributed by atoms with Gasteiger partial charge in [0.2, 0.25) is 5.91 Å². The van der Waals surface area contributed by atoms with E-state index in [9.17, 15) is 19.5 Å². The van der Waals surface area contributed by atoms with Crippen LogP contribution in [0.5, 0.6) is 0 Å². The first kappa shape index (κ1) is 28.1. The number of carboxylic acids is 1. The topological polar surface area (TPSA) is 108 Å². The lowest BCUT2D eigenvalue weighted by Gasteiger charge is -2.41. The molecule has 3 N–H and O–H groups in total. The standard InChI is InChI=1S/C33H35N3O5/c37-30(35-33(21-31(38)39)16-19-36(20-17-33)22-24-9-2-1-3-10-24)15-8-18-34-32(40)41-23-29-27-13-6-4-11-25(27)26-12-5-7-14-28(26)29/h1-15,29H,16-23H2,(H,34,40)(H,35,37)(H,38,39)/b15-8+. The van der Waals surface area contributed by atoms with E-state index in [0.717, 1.165) is 28.8 Å². The van der Waals surface area contributed by atoms with Crippen molar-refractivity contribution in [2.75, 3.05) is 26.2 Å². The first-order valence-electron chi connectivity index (χ1n) is 14.0. The van der Waals surface area contributed by atoms with Gasteiger partial charge in [0, 0.05) is 38.2 Å². The van der Waals surface area contributed by atoms with Gasteiger partial charge in [-0.2, -0.15) is 0 Å². The largest absolute Gasteiger partial charge is 0.481 e. The van der Waals surface area contributed by atoms with Crippen LogP contribution in [0.25, 0.3) is 11.1 Å². The predicted octanol–water partition coefficient (Wildman–Crippen LogP) is 4.71. The number of carbonyl (C=O) groups is 3. The number of rotatable bonds is 10. The summed E-state index contributed by atoms with van der Waals surface area (Å²) in [7, 11) is 0. The lowest BCUT2D eigenvalue weighted by molar-refractivity contribution is -0.139. The molecule has 0 spiro atoms. The van der Waals surface area contributed by atoms with E-state index in [1.807, 2.05) is 42.5 Å². The highest BCUT2D eigenvalue weighted by molar-refractivity contribution is 5.88. The van der Waals surface area contributed by atoms with E-state index in [1.54, 1.807) is 0 Å². The van der Waals surface area contributed by atoms with Crippen LogP contribution in [0.1, 0.15) is 41.9 Å². The summed E-state index contributed by atoms with van der Waals surface area (Å²) in [5.74, 6) is -1.35. The Kier molecular flexibility index (Phi) is 8.79. The summed E-state index contributed by atoms with van der Waals surface area (Å²) < 4.78 is 5.53. The minimum atomic E-state index is -0.942. The zero-order valence-corrected chi connectivity index (χ0v) is 22.9. The van der Waals surface area contributed by atoms with Gasteiger partial charge < -0.3 is 20.5 Å². The maximum atomic E-state index is 12.7. The molecule has 0 atom stereocenters. The highest BCUT2D eigenvalue weighted by atomic mass is 16.5. The van der Waals surface area contributed by atoms with Gasteiger partial charge in [-0.15, -0.1) is 0 Å². The number of benzene rings is 3. The molecule has 5 rings (SSSR count). The summed E-state index contributed by atoms with van der Waals surface area (Å²) >= 11 is 0. The van der Waals surface area contributed by atoms with Crippen molar-refractivity contribution in [1.29, 1.82) is 0 Å². The summed E-state index contributed by atoms with van der Waals surface area (Å²) in [4.78, 5) is 39.0. The third kappa shape index (κ3) is 7.02. The van der Waals surface area contributed by atoms with Gasteiger partial charge in [-0.1, -0.05) is 84.9 Å². The Morgan fingerprint density at radius 3 is 2.15 bits per heavy atom. The zero-order chi connectivity index (χ0) is 28.7. The second-order valence-electron chi connectivity index (χ2n) is 10.7. The summed E-state index contributed by atoms with van der Waals surface area (Å²) in [5, 5.41) is 15.1. The summed E-state index contributed by atoms with van der Waals surface area (Å²) in [5.41, 5.74) is 5.00. The van der Waals surface area contributed by atoms with Gasteiger partial charge in [0.05, 0.1) is 12.0 Å². The molecule has 2 aliphatic rings. The minimum absolute atomic E-state index is 0.0287. The number of likely N-dealkylation sites (tertiary alicyclic amines) is 1. The number of nitrogens with one attached hydrogen (secondary N) is 2. The first-order valence-corrected chi connectivity index (χ1v) is 14.0. The van der Waals surface area contributed by atoms with Crippen molar-refractivity contribution < 1.29 is 24.2 Å². The molecule has 1 heterocycles. The van der Waals surface area contributed by atoms with Crippen molar-refractivity contribution in [2.24, 2.45) is 0 Å². The number of nitrogens with zero attached hydrogens (tertiary/aromatic N) is 1. The van der Waals surface area contributed by atoms with Crippen molar-refractivity contribution in [3.63, 3.8) is 0 Å². The van der Waals surface area contributed by atoms with E-state index in [0.29, 0.717) is 25.9 Å². The van der Waals surface area contributed by atoms with E-state index < -0.39 is 17.6 Å². The van der Waals surface area contributed by atoms with Crippen LogP contribution in [-0.4, -0.2) is 59.8 Å². The third-order valence-electron chi connectivity index (χ3n) is 7.92. The number of aliphatic carboxylic acids is 1. The van der Waals surface area contributed by atoms with Crippen molar-refractivity contribution >= 4 is 18.0 Å². The molecule has 0 bridgehead atoms. The van der Waals surface area contributed by atoms with Gasteiger partial charge in [0.25, 0.3) is 0 Å². The molecule has 2 amide bonds. The average molecular weight is 554 g/mol. The van der Waals surface area contributed by atoms with Crippen LogP contribution in [0.3, 0.4) is 0 Å². The number of hydrogen-bond acceptors (Lipinski definition) is 5. The Morgan fingerprint density at radius 1 is 0.902 bits per heavy atom. The minimum Gasteiger partial charge on any atom is -0.481 e. The van der Waals surface area contributed by atoms with E-state index in [-0.39, 0.29) is 31.4 Å². The van der Waals surface area contributed by atoms with Crippen LogP contribution < -0.4 is 10.6 Å². The van der Waals surface area contributed by atoms with Crippen LogP contribution >= 0.6 is 0 Å². The molecule has 3 aromatic carbocycles. The van der Waals surface area contributed by atoms with Crippen molar-refractivity contribution in [3.05, 3.63) is 108 Å². The Morgan fingerprint density at radius 2 is 1.51 bits per heavy atom. The van der Waals surface area contributed by atoms with Crippen LogP contribution in [0.2, 0.25) is 0 Å². The molecule has 0 saturated carbocycles. The molecule has 0 aromatic heterocycles. The van der Waals surface area contributed by atoms with Gasteiger partial charge in [0.15, 0.2) is 0 Å². The SMILES string of the molecule is O=C(O)CC1(NC(=O)/C=C/CNC(=O)OCC2c3ccccc3-c3ccccc32)CCN(Cc2ccccc2)CC1. The molecule has 1 aliphatic carbocycles. The number of ether oxygens (including phenoxy) is 1. The Hall–Kier alpha value is -4.43. The average Bonchev–Trinajstić information content (AvgIpc) is 3.29. The normalized spacial score (nSPS) is 16.1. The van der Waals surface area contributed by atoms with E-state index in [1.165, 1.54) is 17.7 Å². The van der Waals surface area contributed by atoms with Gasteiger partial charge in [-0.25, -0.2) is 4.79 Å². The van der Waals surface area contributed by atoms with E-state index in [2.05, 4.69) is 51.9 Å². The Bertz CT molecular complexity index is 1370. The van der Waals surface area contributed by atoms with Crippen molar-refractivity contribution in [3.8, 4) is 11.1 Å². The predicted molar refractivity (Wildman–Crippen MR) is 156 cm³/mol. The Balaban J connectivity index is 1.08. The van der Waals surface area contributed by atoms with Gasteiger partial charge in [0.1, 0.15) is 6.61 Å². The fourth-order valence-electron chi connectivity index (χ4n) is 5.88. The lowest BCUT2D eigenvalue weighted by Crippen LogP contribution is -2.55. The summed E-state index contributed by atoms with van der Waals surface area (Å²) in [6.07, 6.45) is 3.27. The third-order valence-corrected chi connectivity index (χ3v) is 7.92. The lowest BCUT2D eigenvalue weighted by atomic mass is 9.84. The Labute approximate surface area is 240 Å². The molecule has 0 radical (unpaired) electrons. The van der Waals surface area contributed by atoms with E-state index in [4.69, 9.17) is 4.74 Å².